The Morgan fingerprint density at radius 3 is 2.96 bits per heavy atom. The van der Waals surface area contributed by atoms with Crippen molar-refractivity contribution in [1.82, 2.24) is 21.5 Å². The molecule has 3 unspecified atom stereocenters. The second kappa shape index (κ2) is 5.94. The second-order valence-corrected chi connectivity index (χ2v) is 6.64. The van der Waals surface area contributed by atoms with Gasteiger partial charge in [-0.25, -0.2) is 10.4 Å². The Labute approximate surface area is 136 Å². The summed E-state index contributed by atoms with van der Waals surface area (Å²) in [4.78, 5) is 16.6. The summed E-state index contributed by atoms with van der Waals surface area (Å²) in [6.07, 6.45) is 4.77. The number of amides is 1. The number of carbonyl (C=O) groups is 1. The van der Waals surface area contributed by atoms with Gasteiger partial charge in [-0.3, -0.25) is 15.5 Å². The molecule has 0 aromatic heterocycles. The summed E-state index contributed by atoms with van der Waals surface area (Å²) in [5, 5.41) is 6.21. The van der Waals surface area contributed by atoms with E-state index < -0.39 is 0 Å². The number of carbonyl (C=O) groups excluding carboxylic acids is 1. The molecule has 1 fully saturated rings. The molecule has 122 valence electrons. The standard InChI is InChI=1S/C17H23N5O/c1-10(12-7-6-11-4-2-3-5-13(11)8-12)19-17-20-15-14(9-18-22-15)16(23)21-17/h6-8,10,14-15,18,22H,2-5,9H2,1H3,(H2,19,20,21,23). The minimum Gasteiger partial charge on any atom is -0.349 e. The van der Waals surface area contributed by atoms with Crippen LogP contribution in [0.15, 0.2) is 23.2 Å². The third-order valence-electron chi connectivity index (χ3n) is 5.03. The Morgan fingerprint density at radius 1 is 1.26 bits per heavy atom. The van der Waals surface area contributed by atoms with Crippen molar-refractivity contribution in [3.8, 4) is 0 Å². The van der Waals surface area contributed by atoms with Gasteiger partial charge in [-0.15, -0.1) is 0 Å². The zero-order chi connectivity index (χ0) is 15.8. The number of aryl methyl sites for hydroxylation is 2. The Hall–Kier alpha value is -1.92. The number of nitrogens with zero attached hydrogens (tertiary/aromatic N) is 1. The molecule has 2 aliphatic heterocycles. The minimum absolute atomic E-state index is 0.0163. The van der Waals surface area contributed by atoms with Crippen molar-refractivity contribution < 1.29 is 4.79 Å². The predicted octanol–water partition coefficient (Wildman–Crippen LogP) is 0.752. The largest absolute Gasteiger partial charge is 0.349 e. The van der Waals surface area contributed by atoms with Gasteiger partial charge in [-0.05, 0) is 49.3 Å². The van der Waals surface area contributed by atoms with E-state index in [9.17, 15) is 4.79 Å². The van der Waals surface area contributed by atoms with Gasteiger partial charge in [-0.1, -0.05) is 18.2 Å². The summed E-state index contributed by atoms with van der Waals surface area (Å²) < 4.78 is 0. The molecule has 4 rings (SSSR count). The first-order valence-electron chi connectivity index (χ1n) is 8.46. The lowest BCUT2D eigenvalue weighted by molar-refractivity contribution is -0.123. The van der Waals surface area contributed by atoms with E-state index in [4.69, 9.17) is 0 Å². The van der Waals surface area contributed by atoms with Gasteiger partial charge in [0, 0.05) is 6.54 Å². The number of benzene rings is 1. The summed E-state index contributed by atoms with van der Waals surface area (Å²) in [6.45, 7) is 2.72. The van der Waals surface area contributed by atoms with Crippen molar-refractivity contribution in [3.63, 3.8) is 0 Å². The van der Waals surface area contributed by atoms with E-state index in [2.05, 4.69) is 51.6 Å². The normalized spacial score (nSPS) is 27.5. The van der Waals surface area contributed by atoms with E-state index in [0.717, 1.165) is 0 Å². The monoisotopic (exact) mass is 313 g/mol. The maximum Gasteiger partial charge on any atom is 0.234 e. The van der Waals surface area contributed by atoms with E-state index >= 15 is 0 Å². The van der Waals surface area contributed by atoms with Crippen molar-refractivity contribution >= 4 is 11.9 Å². The summed E-state index contributed by atoms with van der Waals surface area (Å²) in [5.74, 6) is 0.444. The third kappa shape index (κ3) is 2.84. The summed E-state index contributed by atoms with van der Waals surface area (Å²) in [7, 11) is 0. The molecular weight excluding hydrogens is 290 g/mol. The molecule has 0 bridgehead atoms. The van der Waals surface area contributed by atoms with Gasteiger partial charge in [0.25, 0.3) is 0 Å². The van der Waals surface area contributed by atoms with E-state index in [1.807, 2.05) is 0 Å². The number of fused-ring (bicyclic) bond motifs is 2. The number of hydrogen-bond acceptors (Lipinski definition) is 5. The van der Waals surface area contributed by atoms with Crippen LogP contribution in [0.5, 0.6) is 0 Å². The van der Waals surface area contributed by atoms with Crippen LogP contribution in [0.2, 0.25) is 0 Å². The number of nitrogens with one attached hydrogen (secondary N) is 4. The fourth-order valence-corrected chi connectivity index (χ4v) is 3.61. The highest BCUT2D eigenvalue weighted by Crippen LogP contribution is 2.25. The maximum absolute atomic E-state index is 12.1. The van der Waals surface area contributed by atoms with Crippen LogP contribution in [0, 0.1) is 5.92 Å². The Morgan fingerprint density at radius 2 is 2.09 bits per heavy atom. The zero-order valence-electron chi connectivity index (χ0n) is 13.4. The van der Waals surface area contributed by atoms with Gasteiger partial charge >= 0.3 is 0 Å². The van der Waals surface area contributed by atoms with E-state index in [-0.39, 0.29) is 24.0 Å². The molecule has 6 nitrogen and oxygen atoms in total. The van der Waals surface area contributed by atoms with Crippen molar-refractivity contribution in [2.45, 2.75) is 44.8 Å². The van der Waals surface area contributed by atoms with Crippen LogP contribution in [-0.2, 0) is 17.6 Å². The lowest BCUT2D eigenvalue weighted by atomic mass is 9.89. The second-order valence-electron chi connectivity index (χ2n) is 6.64. The quantitative estimate of drug-likeness (QED) is 0.650. The van der Waals surface area contributed by atoms with Crippen molar-refractivity contribution in [3.05, 3.63) is 34.9 Å². The van der Waals surface area contributed by atoms with Gasteiger partial charge in [0.1, 0.15) is 6.17 Å². The summed E-state index contributed by atoms with van der Waals surface area (Å²) in [5.41, 5.74) is 10.2. The highest BCUT2D eigenvalue weighted by Gasteiger charge is 2.37. The number of hydrazine groups is 1. The summed E-state index contributed by atoms with van der Waals surface area (Å²) >= 11 is 0. The fraction of sp³-hybridized carbons (Fsp3) is 0.529. The van der Waals surface area contributed by atoms with Gasteiger partial charge in [0.2, 0.25) is 5.91 Å². The average Bonchev–Trinajstić information content (AvgIpc) is 3.03. The Balaban J connectivity index is 1.49. The maximum atomic E-state index is 12.1. The van der Waals surface area contributed by atoms with Crippen molar-refractivity contribution in [2.24, 2.45) is 10.9 Å². The van der Waals surface area contributed by atoms with Gasteiger partial charge in [0.05, 0.1) is 12.0 Å². The molecule has 23 heavy (non-hydrogen) atoms. The zero-order valence-corrected chi connectivity index (χ0v) is 13.4. The smallest absolute Gasteiger partial charge is 0.234 e. The van der Waals surface area contributed by atoms with E-state index in [1.165, 1.54) is 42.4 Å². The first-order chi connectivity index (χ1) is 11.2. The number of guanidine groups is 1. The molecule has 6 heteroatoms. The van der Waals surface area contributed by atoms with E-state index in [1.54, 1.807) is 0 Å². The van der Waals surface area contributed by atoms with Crippen molar-refractivity contribution in [1.29, 1.82) is 0 Å². The molecule has 1 aromatic carbocycles. The van der Waals surface area contributed by atoms with Crippen LogP contribution in [0.1, 0.15) is 42.5 Å². The van der Waals surface area contributed by atoms with Gasteiger partial charge in [0.15, 0.2) is 5.96 Å². The summed E-state index contributed by atoms with van der Waals surface area (Å²) in [6, 6.07) is 6.84. The molecule has 1 aromatic rings. The minimum atomic E-state index is -0.179. The third-order valence-corrected chi connectivity index (χ3v) is 5.03. The highest BCUT2D eigenvalue weighted by molar-refractivity contribution is 6.00. The molecule has 3 atom stereocenters. The lowest BCUT2D eigenvalue weighted by Gasteiger charge is -2.26. The van der Waals surface area contributed by atoms with Crippen LogP contribution < -0.4 is 21.5 Å². The molecular formula is C17H23N5O. The number of aliphatic imine (C=N–C) groups is 1. The molecule has 1 amide bonds. The van der Waals surface area contributed by atoms with Gasteiger partial charge < -0.3 is 5.32 Å². The SMILES string of the molecule is CC(NC1=NC2NNCC2C(=O)N1)c1ccc2c(c1)CCCC2. The highest BCUT2D eigenvalue weighted by atomic mass is 16.2. The molecule has 2 heterocycles. The lowest BCUT2D eigenvalue weighted by Crippen LogP contribution is -2.52. The van der Waals surface area contributed by atoms with Crippen LogP contribution in [0.4, 0.5) is 0 Å². The average molecular weight is 313 g/mol. The molecule has 4 N–H and O–H groups in total. The van der Waals surface area contributed by atoms with Crippen molar-refractivity contribution in [2.75, 3.05) is 6.54 Å². The van der Waals surface area contributed by atoms with E-state index in [0.29, 0.717) is 12.5 Å². The molecule has 0 spiro atoms. The first kappa shape index (κ1) is 14.7. The Kier molecular flexibility index (Phi) is 3.79. The number of rotatable bonds is 2. The molecule has 1 saturated heterocycles. The van der Waals surface area contributed by atoms with Gasteiger partial charge in [-0.2, -0.15) is 0 Å². The topological polar surface area (TPSA) is 77.6 Å². The molecule has 0 saturated carbocycles. The Bertz CT molecular complexity index is 656. The molecule has 0 radical (unpaired) electrons. The predicted molar refractivity (Wildman–Crippen MR) is 88.6 cm³/mol. The first-order valence-corrected chi connectivity index (χ1v) is 8.46. The fourth-order valence-electron chi connectivity index (χ4n) is 3.61. The van der Waals surface area contributed by atoms with Crippen LogP contribution in [-0.4, -0.2) is 24.6 Å². The van der Waals surface area contributed by atoms with Crippen LogP contribution >= 0.6 is 0 Å². The van der Waals surface area contributed by atoms with Crippen LogP contribution in [0.25, 0.3) is 0 Å². The molecule has 1 aliphatic carbocycles. The number of hydrogen-bond donors (Lipinski definition) is 4. The van der Waals surface area contributed by atoms with Crippen LogP contribution in [0.3, 0.4) is 0 Å². The molecule has 3 aliphatic rings.